The highest BCUT2D eigenvalue weighted by molar-refractivity contribution is 5.94. The lowest BCUT2D eigenvalue weighted by Crippen LogP contribution is -2.48. The molecule has 1 N–H and O–H groups in total. The number of H-pyrrole nitrogens is 1. The number of imidazole rings is 1. The Morgan fingerprint density at radius 2 is 1.40 bits per heavy atom. The summed E-state index contributed by atoms with van der Waals surface area (Å²) >= 11 is 0. The predicted octanol–water partition coefficient (Wildman–Crippen LogP) is 5.12. The van der Waals surface area contributed by atoms with Gasteiger partial charge in [0.15, 0.2) is 0 Å². The van der Waals surface area contributed by atoms with Gasteiger partial charge in [0.05, 0.1) is 17.9 Å². The van der Waals surface area contributed by atoms with Gasteiger partial charge in [-0.1, -0.05) is 30.3 Å². The number of nitrogens with one attached hydrogen (secondary N) is 1. The highest BCUT2D eigenvalue weighted by Crippen LogP contribution is 2.31. The van der Waals surface area contributed by atoms with Gasteiger partial charge in [-0.2, -0.15) is 0 Å². The van der Waals surface area contributed by atoms with Crippen molar-refractivity contribution in [3.8, 4) is 22.5 Å². The molecular weight excluding hydrogens is 453 g/mol. The second kappa shape index (κ2) is 9.76. The smallest absolute Gasteiger partial charge is 0.254 e. The minimum Gasteiger partial charge on any atom is -0.340 e. The van der Waals surface area contributed by atoms with Crippen LogP contribution < -0.4 is 0 Å². The predicted molar refractivity (Wildman–Crippen MR) is 127 cm³/mol. The zero-order chi connectivity index (χ0) is 24.4. The van der Waals surface area contributed by atoms with E-state index in [0.717, 1.165) is 0 Å². The first-order chi connectivity index (χ1) is 17.0. The number of piperazine rings is 1. The summed E-state index contributed by atoms with van der Waals surface area (Å²) in [4.78, 5) is 24.6. The van der Waals surface area contributed by atoms with E-state index in [0.29, 0.717) is 66.6 Å². The number of benzene rings is 3. The molecule has 0 atom stereocenters. The third kappa shape index (κ3) is 5.12. The van der Waals surface area contributed by atoms with Gasteiger partial charge in [0.1, 0.15) is 23.3 Å². The Balaban J connectivity index is 1.34. The Morgan fingerprint density at radius 3 is 2.06 bits per heavy atom. The molecule has 5 rings (SSSR count). The van der Waals surface area contributed by atoms with Crippen LogP contribution in [0, 0.1) is 17.5 Å². The zero-order valence-corrected chi connectivity index (χ0v) is 18.8. The fourth-order valence-electron chi connectivity index (χ4n) is 4.32. The van der Waals surface area contributed by atoms with Crippen LogP contribution in [0.3, 0.4) is 0 Å². The van der Waals surface area contributed by atoms with E-state index in [1.54, 1.807) is 35.2 Å². The topological polar surface area (TPSA) is 52.2 Å². The fraction of sp³-hybridized carbons (Fsp3) is 0.185. The van der Waals surface area contributed by atoms with E-state index in [1.807, 2.05) is 0 Å². The standard InChI is InChI=1S/C27H23F3N4O/c28-21-7-1-4-18(14-21)25-26(19-5-2-8-22(29)15-19)32-24(31-25)17-33-10-12-34(13-11-33)27(35)20-6-3-9-23(30)16-20/h1-9,14-16H,10-13,17H2,(H,31,32). The van der Waals surface area contributed by atoms with Crippen LogP contribution in [0.25, 0.3) is 22.5 Å². The first-order valence-electron chi connectivity index (χ1n) is 11.3. The molecule has 0 aliphatic carbocycles. The maximum Gasteiger partial charge on any atom is 0.254 e. The molecule has 35 heavy (non-hydrogen) atoms. The van der Waals surface area contributed by atoms with Gasteiger partial charge in [-0.3, -0.25) is 9.69 Å². The summed E-state index contributed by atoms with van der Waals surface area (Å²) in [7, 11) is 0. The lowest BCUT2D eigenvalue weighted by molar-refractivity contribution is 0.0625. The van der Waals surface area contributed by atoms with Crippen molar-refractivity contribution in [2.45, 2.75) is 6.54 Å². The van der Waals surface area contributed by atoms with Gasteiger partial charge in [-0.25, -0.2) is 18.2 Å². The number of hydrogen-bond donors (Lipinski definition) is 1. The number of nitrogens with zero attached hydrogens (tertiary/aromatic N) is 3. The number of hydrogen-bond acceptors (Lipinski definition) is 3. The number of carbonyl (C=O) groups is 1. The second-order valence-electron chi connectivity index (χ2n) is 8.51. The average Bonchev–Trinajstić information content (AvgIpc) is 3.28. The van der Waals surface area contributed by atoms with Gasteiger partial charge >= 0.3 is 0 Å². The van der Waals surface area contributed by atoms with Gasteiger partial charge in [0.2, 0.25) is 0 Å². The first kappa shape index (κ1) is 22.9. The molecule has 0 unspecified atom stereocenters. The number of aromatic amines is 1. The molecule has 0 radical (unpaired) electrons. The van der Waals surface area contributed by atoms with Crippen molar-refractivity contribution in [1.82, 2.24) is 19.8 Å². The molecule has 0 bridgehead atoms. The summed E-state index contributed by atoms with van der Waals surface area (Å²) in [5.74, 6) is -0.716. The molecule has 8 heteroatoms. The van der Waals surface area contributed by atoms with E-state index in [1.165, 1.54) is 42.5 Å². The van der Waals surface area contributed by atoms with Gasteiger partial charge in [0, 0.05) is 42.9 Å². The van der Waals surface area contributed by atoms with Crippen molar-refractivity contribution in [2.75, 3.05) is 26.2 Å². The van der Waals surface area contributed by atoms with Crippen molar-refractivity contribution in [3.63, 3.8) is 0 Å². The quantitative estimate of drug-likeness (QED) is 0.435. The van der Waals surface area contributed by atoms with Crippen LogP contribution in [-0.2, 0) is 6.54 Å². The molecule has 1 amide bonds. The third-order valence-electron chi connectivity index (χ3n) is 6.07. The molecule has 4 aromatic rings. The first-order valence-corrected chi connectivity index (χ1v) is 11.3. The molecule has 1 aliphatic rings. The van der Waals surface area contributed by atoms with Crippen LogP contribution in [-0.4, -0.2) is 51.9 Å². The van der Waals surface area contributed by atoms with E-state index in [2.05, 4.69) is 9.88 Å². The van der Waals surface area contributed by atoms with Crippen molar-refractivity contribution >= 4 is 5.91 Å². The molecular formula is C27H23F3N4O. The Kier molecular flexibility index (Phi) is 6.37. The Morgan fingerprint density at radius 1 is 0.800 bits per heavy atom. The van der Waals surface area contributed by atoms with E-state index in [4.69, 9.17) is 4.98 Å². The fourth-order valence-corrected chi connectivity index (χ4v) is 4.32. The molecule has 178 valence electrons. The average molecular weight is 477 g/mol. The van der Waals surface area contributed by atoms with Gasteiger partial charge in [-0.15, -0.1) is 0 Å². The van der Waals surface area contributed by atoms with E-state index in [9.17, 15) is 18.0 Å². The molecule has 1 saturated heterocycles. The highest BCUT2D eigenvalue weighted by Gasteiger charge is 2.24. The Labute approximate surface area is 200 Å². The lowest BCUT2D eigenvalue weighted by atomic mass is 10.0. The molecule has 5 nitrogen and oxygen atoms in total. The minimum absolute atomic E-state index is 0.191. The van der Waals surface area contributed by atoms with Crippen LogP contribution in [0.2, 0.25) is 0 Å². The Bertz CT molecular complexity index is 1300. The molecule has 1 aromatic heterocycles. The number of carbonyl (C=O) groups excluding carboxylic acids is 1. The van der Waals surface area contributed by atoms with Crippen LogP contribution in [0.5, 0.6) is 0 Å². The summed E-state index contributed by atoms with van der Waals surface area (Å²) in [6.45, 7) is 2.73. The second-order valence-corrected chi connectivity index (χ2v) is 8.51. The summed E-state index contributed by atoms with van der Waals surface area (Å²) < 4.78 is 41.3. The molecule has 1 aliphatic heterocycles. The van der Waals surface area contributed by atoms with Crippen LogP contribution in [0.4, 0.5) is 13.2 Å². The van der Waals surface area contributed by atoms with Crippen molar-refractivity contribution in [1.29, 1.82) is 0 Å². The minimum atomic E-state index is -0.435. The van der Waals surface area contributed by atoms with Crippen molar-refractivity contribution in [3.05, 3.63) is 102 Å². The maximum atomic E-state index is 13.9. The number of halogens is 3. The SMILES string of the molecule is O=C(c1cccc(F)c1)N1CCN(Cc2nc(-c3cccc(F)c3)c(-c3cccc(F)c3)[nH]2)CC1. The zero-order valence-electron chi connectivity index (χ0n) is 18.8. The number of amides is 1. The molecule has 3 aromatic carbocycles. The van der Waals surface area contributed by atoms with E-state index >= 15 is 0 Å². The third-order valence-corrected chi connectivity index (χ3v) is 6.07. The molecule has 2 heterocycles. The summed E-state index contributed by atoms with van der Waals surface area (Å²) in [6.07, 6.45) is 0. The monoisotopic (exact) mass is 476 g/mol. The van der Waals surface area contributed by atoms with Crippen LogP contribution >= 0.6 is 0 Å². The highest BCUT2D eigenvalue weighted by atomic mass is 19.1. The Hall–Kier alpha value is -3.91. The van der Waals surface area contributed by atoms with E-state index < -0.39 is 5.82 Å². The van der Waals surface area contributed by atoms with Gasteiger partial charge in [-0.05, 0) is 42.5 Å². The van der Waals surface area contributed by atoms with Crippen LogP contribution in [0.15, 0.2) is 72.8 Å². The normalized spacial score (nSPS) is 14.3. The molecule has 0 saturated carbocycles. The molecule has 1 fully saturated rings. The maximum absolute atomic E-state index is 13.9. The lowest BCUT2D eigenvalue weighted by Gasteiger charge is -2.34. The summed E-state index contributed by atoms with van der Waals surface area (Å²) in [6, 6.07) is 18.0. The van der Waals surface area contributed by atoms with Crippen molar-refractivity contribution < 1.29 is 18.0 Å². The van der Waals surface area contributed by atoms with Gasteiger partial charge < -0.3 is 9.88 Å². The summed E-state index contributed by atoms with van der Waals surface area (Å²) in [5, 5.41) is 0. The number of rotatable bonds is 5. The molecule has 0 spiro atoms. The van der Waals surface area contributed by atoms with Crippen LogP contribution in [0.1, 0.15) is 16.2 Å². The van der Waals surface area contributed by atoms with E-state index in [-0.39, 0.29) is 17.5 Å². The summed E-state index contributed by atoms with van der Waals surface area (Å²) in [5.41, 5.74) is 2.71. The van der Waals surface area contributed by atoms with Gasteiger partial charge in [0.25, 0.3) is 5.91 Å². The largest absolute Gasteiger partial charge is 0.340 e. The van der Waals surface area contributed by atoms with Crippen molar-refractivity contribution in [2.24, 2.45) is 0 Å². The number of aromatic nitrogens is 2.